The Labute approximate surface area is 387 Å². The van der Waals surface area contributed by atoms with Crippen molar-refractivity contribution in [2.24, 2.45) is 4.99 Å². The second-order valence-corrected chi connectivity index (χ2v) is 24.4. The van der Waals surface area contributed by atoms with E-state index in [1.807, 2.05) is 6.20 Å². The SMILES string of the molecule is Cc1cc2c3cc(C(C)(C)C)cc4c3n(c2cc1Oc1cc(C2=N[C@]3(C)c5ccc(C(C)(C)C)cc5-c5cc(C(C)(C)C)ccc5[C@]3(C)O2)cc(C(C)(C)C)c1)-c1ncccc1C4(C)C. The molecule has 0 N–H and O–H groups in total. The highest BCUT2D eigenvalue weighted by Gasteiger charge is 2.59. The molecule has 5 heteroatoms. The molecule has 0 bridgehead atoms. The number of benzene rings is 5. The molecule has 0 unspecified atom stereocenters. The maximum absolute atomic E-state index is 7.35. The fraction of sp³-hybridized carbons (Fsp3) is 0.400. The summed E-state index contributed by atoms with van der Waals surface area (Å²) < 4.78 is 16.9. The number of nitrogens with zero attached hydrogens (tertiary/aromatic N) is 3. The third-order valence-electron chi connectivity index (χ3n) is 15.3. The van der Waals surface area contributed by atoms with Gasteiger partial charge in [0, 0.05) is 45.1 Å². The van der Waals surface area contributed by atoms with E-state index in [0.717, 1.165) is 39.5 Å². The minimum atomic E-state index is -0.756. The van der Waals surface area contributed by atoms with Gasteiger partial charge in [-0.05, 0) is 129 Å². The van der Waals surface area contributed by atoms with Gasteiger partial charge in [-0.25, -0.2) is 9.98 Å². The van der Waals surface area contributed by atoms with Gasteiger partial charge in [0.05, 0.1) is 11.0 Å². The maximum Gasteiger partial charge on any atom is 0.218 e. The number of aromatic nitrogens is 2. The predicted octanol–water partition coefficient (Wildman–Crippen LogP) is 15.7. The molecule has 3 aliphatic rings. The summed E-state index contributed by atoms with van der Waals surface area (Å²) in [6.07, 6.45) is 1.92. The molecule has 0 radical (unpaired) electrons. The van der Waals surface area contributed by atoms with Crippen LogP contribution in [0.2, 0.25) is 0 Å². The minimum absolute atomic E-state index is 0.00510. The van der Waals surface area contributed by atoms with Gasteiger partial charge in [0.2, 0.25) is 5.90 Å². The Bertz CT molecular complexity index is 3200. The van der Waals surface area contributed by atoms with Crippen LogP contribution in [0.5, 0.6) is 11.5 Å². The first-order chi connectivity index (χ1) is 30.1. The van der Waals surface area contributed by atoms with Crippen LogP contribution in [0.15, 0.2) is 102 Å². The zero-order valence-electron chi connectivity index (χ0n) is 41.9. The average Bonchev–Trinajstić information content (AvgIpc) is 3.69. The van der Waals surface area contributed by atoms with E-state index in [2.05, 4.69) is 213 Å². The highest BCUT2D eigenvalue weighted by Crippen LogP contribution is 2.60. The van der Waals surface area contributed by atoms with Crippen molar-refractivity contribution in [3.8, 4) is 28.4 Å². The summed E-state index contributed by atoms with van der Waals surface area (Å²) in [5.74, 6) is 3.17. The van der Waals surface area contributed by atoms with E-state index in [4.69, 9.17) is 19.5 Å². The summed E-state index contributed by atoms with van der Waals surface area (Å²) in [6.45, 7) is 38.8. The smallest absolute Gasteiger partial charge is 0.218 e. The van der Waals surface area contributed by atoms with Crippen LogP contribution in [0.1, 0.15) is 166 Å². The van der Waals surface area contributed by atoms with Crippen LogP contribution in [0.3, 0.4) is 0 Å². The Morgan fingerprint density at radius 3 is 1.80 bits per heavy atom. The van der Waals surface area contributed by atoms with Crippen LogP contribution in [-0.2, 0) is 43.0 Å². The van der Waals surface area contributed by atoms with Crippen molar-refractivity contribution < 1.29 is 9.47 Å². The number of pyridine rings is 1. The number of fused-ring (bicyclic) bond motifs is 11. The summed E-state index contributed by atoms with van der Waals surface area (Å²) >= 11 is 0. The first-order valence-corrected chi connectivity index (χ1v) is 23.6. The van der Waals surface area contributed by atoms with Crippen LogP contribution in [0, 0.1) is 6.92 Å². The van der Waals surface area contributed by atoms with Crippen LogP contribution in [-0.4, -0.2) is 15.4 Å². The molecule has 0 amide bonds. The first kappa shape index (κ1) is 43.2. The van der Waals surface area contributed by atoms with Gasteiger partial charge in [0.1, 0.15) is 22.9 Å². The molecule has 0 spiro atoms. The minimum Gasteiger partial charge on any atom is -0.463 e. The molecule has 0 saturated carbocycles. The lowest BCUT2D eigenvalue weighted by molar-refractivity contribution is 0.0269. The van der Waals surface area contributed by atoms with Gasteiger partial charge in [-0.1, -0.05) is 145 Å². The average molecular weight is 862 g/mol. The first-order valence-electron chi connectivity index (χ1n) is 23.6. The molecule has 65 heavy (non-hydrogen) atoms. The van der Waals surface area contributed by atoms with Gasteiger partial charge in [-0.2, -0.15) is 0 Å². The van der Waals surface area contributed by atoms with Gasteiger partial charge in [0.25, 0.3) is 0 Å². The lowest BCUT2D eigenvalue weighted by Gasteiger charge is -2.45. The Balaban J connectivity index is 1.13. The highest BCUT2D eigenvalue weighted by atomic mass is 16.5. The number of hydrogen-bond acceptors (Lipinski definition) is 4. The maximum atomic E-state index is 7.35. The van der Waals surface area contributed by atoms with Gasteiger partial charge in [-0.3, -0.25) is 4.57 Å². The standard InChI is InChI=1S/C60H67N3O2/c1-34-25-43-44-31-39(57(11,12)13)32-48-51(44)63(52-47(58(48,14)15)19-18-24-61-52)49(43)33-50(34)64-40-27-35(26-38(28-40)56(8,9)10)53-62-59(16)45-22-20-36(54(2,3)4)29-41(45)42-30-37(55(5,6)7)21-23-46(42)60(59,17)65-53/h18-33H,1-17H3/t59-,60+/m1/s1. The molecule has 1 aliphatic carbocycles. The van der Waals surface area contributed by atoms with Gasteiger partial charge >= 0.3 is 0 Å². The van der Waals surface area contributed by atoms with E-state index in [1.165, 1.54) is 66.4 Å². The van der Waals surface area contributed by atoms with E-state index >= 15 is 0 Å². The summed E-state index contributed by atoms with van der Waals surface area (Å²) in [5.41, 5.74) is 14.9. The van der Waals surface area contributed by atoms with E-state index in [1.54, 1.807) is 0 Å². The number of rotatable bonds is 3. The quantitative estimate of drug-likeness (QED) is 0.178. The molecule has 5 aromatic carbocycles. The van der Waals surface area contributed by atoms with Crippen molar-refractivity contribution in [2.45, 2.75) is 156 Å². The molecule has 2 aliphatic heterocycles. The van der Waals surface area contributed by atoms with Crippen molar-refractivity contribution in [3.05, 3.63) is 153 Å². The van der Waals surface area contributed by atoms with E-state index in [0.29, 0.717) is 5.90 Å². The van der Waals surface area contributed by atoms with Gasteiger partial charge in [-0.15, -0.1) is 0 Å². The van der Waals surface area contributed by atoms with E-state index in [-0.39, 0.29) is 27.1 Å². The molecule has 0 saturated heterocycles. The monoisotopic (exact) mass is 862 g/mol. The largest absolute Gasteiger partial charge is 0.463 e. The molecular weight excluding hydrogens is 795 g/mol. The molecular formula is C60H67N3O2. The summed E-state index contributed by atoms with van der Waals surface area (Å²) in [4.78, 5) is 10.7. The van der Waals surface area contributed by atoms with Crippen molar-refractivity contribution in [1.29, 1.82) is 0 Å². The zero-order chi connectivity index (χ0) is 46.8. The normalized spacial score (nSPS) is 19.9. The topological polar surface area (TPSA) is 48.6 Å². The molecule has 2 atom stereocenters. The molecule has 5 nitrogen and oxygen atoms in total. The van der Waals surface area contributed by atoms with E-state index < -0.39 is 11.1 Å². The molecule has 7 aromatic rings. The van der Waals surface area contributed by atoms with Crippen LogP contribution >= 0.6 is 0 Å². The summed E-state index contributed by atoms with van der Waals surface area (Å²) in [5, 5.41) is 2.46. The third-order valence-corrected chi connectivity index (χ3v) is 15.3. The van der Waals surface area contributed by atoms with Crippen LogP contribution < -0.4 is 4.74 Å². The number of ether oxygens (including phenoxy) is 2. The Hall–Kier alpha value is -5.68. The van der Waals surface area contributed by atoms with Crippen LogP contribution in [0.25, 0.3) is 38.8 Å². The van der Waals surface area contributed by atoms with Gasteiger partial charge < -0.3 is 9.47 Å². The fourth-order valence-corrected chi connectivity index (χ4v) is 10.8. The van der Waals surface area contributed by atoms with Crippen LogP contribution in [0.4, 0.5) is 0 Å². The Kier molecular flexibility index (Phi) is 8.95. The van der Waals surface area contributed by atoms with Crippen molar-refractivity contribution in [1.82, 2.24) is 9.55 Å². The molecule has 0 fully saturated rings. The fourth-order valence-electron chi connectivity index (χ4n) is 10.8. The molecule has 2 aromatic heterocycles. The second kappa shape index (κ2) is 13.5. The zero-order valence-corrected chi connectivity index (χ0v) is 41.9. The number of aryl methyl sites for hydroxylation is 1. The molecule has 10 rings (SSSR count). The van der Waals surface area contributed by atoms with E-state index in [9.17, 15) is 0 Å². The third kappa shape index (κ3) is 6.38. The number of aliphatic imine (C=N–C) groups is 1. The lowest BCUT2D eigenvalue weighted by Crippen LogP contribution is -2.45. The van der Waals surface area contributed by atoms with Gasteiger partial charge in [0.15, 0.2) is 5.60 Å². The molecule has 334 valence electrons. The Morgan fingerprint density at radius 1 is 0.569 bits per heavy atom. The summed E-state index contributed by atoms with van der Waals surface area (Å²) in [7, 11) is 0. The second-order valence-electron chi connectivity index (χ2n) is 24.4. The van der Waals surface area contributed by atoms with Crippen molar-refractivity contribution in [3.63, 3.8) is 0 Å². The summed E-state index contributed by atoms with van der Waals surface area (Å²) in [6, 6.07) is 34.3. The lowest BCUT2D eigenvalue weighted by atomic mass is 9.64. The predicted molar refractivity (Wildman–Crippen MR) is 271 cm³/mol. The Morgan fingerprint density at radius 2 is 1.17 bits per heavy atom. The number of hydrogen-bond donors (Lipinski definition) is 0. The van der Waals surface area contributed by atoms with Crippen molar-refractivity contribution >= 4 is 27.7 Å². The highest BCUT2D eigenvalue weighted by molar-refractivity contribution is 6.12. The molecule has 4 heterocycles. The van der Waals surface area contributed by atoms with Crippen molar-refractivity contribution in [2.75, 3.05) is 0 Å².